The first-order chi connectivity index (χ1) is 18.0. The Hall–Kier alpha value is -2.78. The highest BCUT2D eigenvalue weighted by Gasteiger charge is 2.33. The summed E-state index contributed by atoms with van der Waals surface area (Å²) in [6, 6.07) is 15.2. The van der Waals surface area contributed by atoms with Crippen LogP contribution in [0.3, 0.4) is 0 Å². The molecule has 2 aliphatic rings. The van der Waals surface area contributed by atoms with Crippen LogP contribution in [0.15, 0.2) is 48.5 Å². The summed E-state index contributed by atoms with van der Waals surface area (Å²) in [4.78, 5) is 25.2. The van der Waals surface area contributed by atoms with Gasteiger partial charge in [0, 0.05) is 30.6 Å². The molecular weight excluding hydrogens is 472 g/mol. The summed E-state index contributed by atoms with van der Waals surface area (Å²) in [7, 11) is 0. The van der Waals surface area contributed by atoms with Crippen LogP contribution in [-0.2, 0) is 25.7 Å². The SMILES string of the molecule is O=C(O)CCC(=O)Nc1ccc([C@H]2O[C@@H](CN3CCCCCCC3)C[C@@H](c3ccc(CO)cc3)O2)cc1. The second-order valence-electron chi connectivity index (χ2n) is 9.98. The number of benzene rings is 2. The Kier molecular flexibility index (Phi) is 10.1. The molecule has 3 atom stereocenters. The summed E-state index contributed by atoms with van der Waals surface area (Å²) >= 11 is 0. The lowest BCUT2D eigenvalue weighted by Crippen LogP contribution is -2.40. The molecule has 3 N–H and O–H groups in total. The van der Waals surface area contributed by atoms with Gasteiger partial charge in [0.05, 0.1) is 25.2 Å². The monoisotopic (exact) mass is 510 g/mol. The van der Waals surface area contributed by atoms with E-state index in [4.69, 9.17) is 14.6 Å². The van der Waals surface area contributed by atoms with E-state index in [1.807, 2.05) is 36.4 Å². The summed E-state index contributed by atoms with van der Waals surface area (Å²) in [5, 5.41) is 20.9. The molecule has 2 fully saturated rings. The molecule has 2 aliphatic heterocycles. The van der Waals surface area contributed by atoms with Gasteiger partial charge in [-0.2, -0.15) is 0 Å². The topological polar surface area (TPSA) is 108 Å². The molecule has 4 rings (SSSR count). The predicted octanol–water partition coefficient (Wildman–Crippen LogP) is 4.79. The van der Waals surface area contributed by atoms with Crippen molar-refractivity contribution < 1.29 is 29.3 Å². The average molecular weight is 511 g/mol. The van der Waals surface area contributed by atoms with Crippen molar-refractivity contribution in [2.75, 3.05) is 25.0 Å². The van der Waals surface area contributed by atoms with Crippen molar-refractivity contribution in [2.24, 2.45) is 0 Å². The molecule has 8 nitrogen and oxygen atoms in total. The van der Waals surface area contributed by atoms with Crippen LogP contribution in [0.1, 0.15) is 80.5 Å². The molecule has 2 aromatic rings. The molecule has 0 spiro atoms. The lowest BCUT2D eigenvalue weighted by molar-refractivity contribution is -0.253. The number of rotatable bonds is 9. The van der Waals surface area contributed by atoms with E-state index in [0.717, 1.165) is 42.7 Å². The molecular formula is C29H38N2O6. The first-order valence-corrected chi connectivity index (χ1v) is 13.3. The van der Waals surface area contributed by atoms with E-state index in [0.29, 0.717) is 5.69 Å². The number of carbonyl (C=O) groups excluding carboxylic acids is 1. The quantitative estimate of drug-likeness (QED) is 0.445. The van der Waals surface area contributed by atoms with Crippen LogP contribution < -0.4 is 5.32 Å². The molecule has 2 saturated heterocycles. The Morgan fingerprint density at radius 3 is 2.16 bits per heavy atom. The summed E-state index contributed by atoms with van der Waals surface area (Å²) in [5.74, 6) is -1.33. The number of aliphatic hydroxyl groups excluding tert-OH is 1. The van der Waals surface area contributed by atoms with Crippen molar-refractivity contribution >= 4 is 17.6 Å². The van der Waals surface area contributed by atoms with E-state index in [1.54, 1.807) is 12.1 Å². The number of carbonyl (C=O) groups is 2. The maximum absolute atomic E-state index is 12.0. The highest BCUT2D eigenvalue weighted by molar-refractivity contribution is 5.92. The van der Waals surface area contributed by atoms with E-state index in [9.17, 15) is 14.7 Å². The summed E-state index contributed by atoms with van der Waals surface area (Å²) in [6.07, 6.45) is 6.14. The molecule has 2 heterocycles. The van der Waals surface area contributed by atoms with Crippen LogP contribution in [0.25, 0.3) is 0 Å². The van der Waals surface area contributed by atoms with Gasteiger partial charge in [0.15, 0.2) is 6.29 Å². The highest BCUT2D eigenvalue weighted by Crippen LogP contribution is 2.38. The van der Waals surface area contributed by atoms with Gasteiger partial charge in [0.2, 0.25) is 5.91 Å². The van der Waals surface area contributed by atoms with Gasteiger partial charge >= 0.3 is 5.97 Å². The zero-order valence-corrected chi connectivity index (χ0v) is 21.3. The Balaban J connectivity index is 1.46. The third-order valence-electron chi connectivity index (χ3n) is 7.06. The van der Waals surface area contributed by atoms with Crippen molar-refractivity contribution in [3.63, 3.8) is 0 Å². The fourth-order valence-electron chi connectivity index (χ4n) is 4.98. The summed E-state index contributed by atoms with van der Waals surface area (Å²) in [6.45, 7) is 3.06. The predicted molar refractivity (Wildman–Crippen MR) is 140 cm³/mol. The number of ether oxygens (including phenoxy) is 2. The van der Waals surface area contributed by atoms with Gasteiger partial charge in [0.25, 0.3) is 0 Å². The van der Waals surface area contributed by atoms with Gasteiger partial charge in [-0.25, -0.2) is 0 Å². The van der Waals surface area contributed by atoms with Gasteiger partial charge in [-0.15, -0.1) is 0 Å². The van der Waals surface area contributed by atoms with Crippen LogP contribution in [0.4, 0.5) is 5.69 Å². The maximum Gasteiger partial charge on any atom is 0.303 e. The molecule has 2 aromatic carbocycles. The third kappa shape index (κ3) is 8.36. The van der Waals surface area contributed by atoms with Crippen LogP contribution in [0.5, 0.6) is 0 Å². The molecule has 1 amide bonds. The molecule has 0 radical (unpaired) electrons. The zero-order chi connectivity index (χ0) is 26.0. The van der Waals surface area contributed by atoms with Crippen LogP contribution in [0.2, 0.25) is 0 Å². The number of carboxylic acids is 1. The molecule has 37 heavy (non-hydrogen) atoms. The van der Waals surface area contributed by atoms with Gasteiger partial charge < -0.3 is 29.9 Å². The van der Waals surface area contributed by atoms with Gasteiger partial charge in [-0.05, 0) is 49.2 Å². The van der Waals surface area contributed by atoms with E-state index in [2.05, 4.69) is 10.2 Å². The minimum absolute atomic E-state index is 0.00825. The van der Waals surface area contributed by atoms with Crippen molar-refractivity contribution in [2.45, 2.75) is 76.5 Å². The molecule has 0 saturated carbocycles. The van der Waals surface area contributed by atoms with Crippen molar-refractivity contribution in [3.8, 4) is 0 Å². The summed E-state index contributed by atoms with van der Waals surface area (Å²) in [5.41, 5.74) is 3.39. The van der Waals surface area contributed by atoms with E-state index >= 15 is 0 Å². The molecule has 0 aromatic heterocycles. The second kappa shape index (κ2) is 13.7. The standard InChI is InChI=1S/C29H38N2O6/c32-20-21-6-8-22(9-7-21)26-18-25(19-31-16-4-2-1-3-5-17-31)36-29(37-26)23-10-12-24(13-11-23)30-27(33)14-15-28(34)35/h6-13,25-26,29,32H,1-5,14-20H2,(H,30,33)(H,34,35)/t25-,26+,29+/m1/s1. The first kappa shape index (κ1) is 27.3. The number of amides is 1. The number of aliphatic hydroxyl groups is 1. The molecule has 200 valence electrons. The number of aliphatic carboxylic acids is 1. The Morgan fingerprint density at radius 1 is 0.865 bits per heavy atom. The maximum atomic E-state index is 12.0. The number of nitrogens with zero attached hydrogens (tertiary/aromatic N) is 1. The number of hydrogen-bond acceptors (Lipinski definition) is 6. The number of anilines is 1. The Labute approximate surface area is 218 Å². The van der Waals surface area contributed by atoms with E-state index < -0.39 is 12.3 Å². The minimum atomic E-state index is -0.997. The first-order valence-electron chi connectivity index (χ1n) is 13.3. The fourth-order valence-corrected chi connectivity index (χ4v) is 4.98. The number of hydrogen-bond donors (Lipinski definition) is 3. The van der Waals surface area contributed by atoms with Crippen LogP contribution in [-0.4, -0.2) is 52.7 Å². The lowest BCUT2D eigenvalue weighted by Gasteiger charge is -2.38. The van der Waals surface area contributed by atoms with E-state index in [-0.39, 0.29) is 37.6 Å². The van der Waals surface area contributed by atoms with Gasteiger partial charge in [-0.1, -0.05) is 55.7 Å². The Bertz CT molecular complexity index is 1000. The van der Waals surface area contributed by atoms with Crippen molar-refractivity contribution in [1.29, 1.82) is 0 Å². The molecule has 8 heteroatoms. The number of likely N-dealkylation sites (tertiary alicyclic amines) is 1. The highest BCUT2D eigenvalue weighted by atomic mass is 16.7. The van der Waals surface area contributed by atoms with Crippen LogP contribution >= 0.6 is 0 Å². The summed E-state index contributed by atoms with van der Waals surface area (Å²) < 4.78 is 12.9. The zero-order valence-electron chi connectivity index (χ0n) is 21.3. The van der Waals surface area contributed by atoms with E-state index in [1.165, 1.54) is 32.1 Å². The normalized spacial score (nSPS) is 23.1. The molecule has 0 aliphatic carbocycles. The number of nitrogens with one attached hydrogen (secondary N) is 1. The molecule has 0 bridgehead atoms. The average Bonchev–Trinajstić information content (AvgIpc) is 2.89. The minimum Gasteiger partial charge on any atom is -0.481 e. The lowest BCUT2D eigenvalue weighted by atomic mass is 9.99. The fraction of sp³-hybridized carbons (Fsp3) is 0.517. The van der Waals surface area contributed by atoms with Crippen molar-refractivity contribution in [3.05, 3.63) is 65.2 Å². The largest absolute Gasteiger partial charge is 0.481 e. The Morgan fingerprint density at radius 2 is 1.51 bits per heavy atom. The van der Waals surface area contributed by atoms with Gasteiger partial charge in [-0.3, -0.25) is 9.59 Å². The second-order valence-corrected chi connectivity index (χ2v) is 9.98. The number of carboxylic acid groups (broad SMARTS) is 1. The van der Waals surface area contributed by atoms with Gasteiger partial charge in [0.1, 0.15) is 0 Å². The van der Waals surface area contributed by atoms with Crippen LogP contribution in [0, 0.1) is 0 Å². The smallest absolute Gasteiger partial charge is 0.303 e. The third-order valence-corrected chi connectivity index (χ3v) is 7.06. The molecule has 0 unspecified atom stereocenters. The van der Waals surface area contributed by atoms with Crippen molar-refractivity contribution in [1.82, 2.24) is 4.90 Å².